The molecule has 0 bridgehead atoms. The average Bonchev–Trinajstić information content (AvgIpc) is 3.06. The maximum absolute atomic E-state index is 13.2. The van der Waals surface area contributed by atoms with E-state index in [9.17, 15) is 24.9 Å². The van der Waals surface area contributed by atoms with Crippen LogP contribution in [0.15, 0.2) is 24.3 Å². The second kappa shape index (κ2) is 19.9. The Balaban J connectivity index is 1.66. The lowest BCUT2D eigenvalue weighted by Crippen LogP contribution is -2.45. The van der Waals surface area contributed by atoms with Crippen LogP contribution in [0, 0.1) is 11.8 Å². The third-order valence-electron chi connectivity index (χ3n) is 8.58. The molecule has 262 valence electrons. The second-order valence-corrected chi connectivity index (χ2v) is 11.8. The van der Waals surface area contributed by atoms with Gasteiger partial charge in [-0.1, -0.05) is 0 Å². The molecule has 0 saturated heterocycles. The van der Waals surface area contributed by atoms with Crippen molar-refractivity contribution < 1.29 is 39.1 Å². The minimum atomic E-state index is -0.710. The molecular formula is C34H53N5O8. The van der Waals surface area contributed by atoms with E-state index in [-0.39, 0.29) is 47.7 Å². The number of carbonyl (C=O) groups excluding carboxylic acids is 2. The number of fused-ring (bicyclic) bond motifs is 1. The van der Waals surface area contributed by atoms with Crippen molar-refractivity contribution in [3.05, 3.63) is 41.0 Å². The molecule has 0 spiro atoms. The summed E-state index contributed by atoms with van der Waals surface area (Å²) in [6.07, 6.45) is 4.75. The molecule has 0 radical (unpaired) electrons. The van der Waals surface area contributed by atoms with Gasteiger partial charge in [0.05, 0.1) is 26.9 Å². The molecule has 2 aromatic rings. The SMILES string of the molecule is COC[C@@H]1[C@H](NC(=O)CCCNCCCNCCCNCCCN)c2cc(O)c(O)cc2C(c2cc(OC)c(O)c(OC)c2)[C@H]1C=O. The van der Waals surface area contributed by atoms with E-state index in [1.54, 1.807) is 12.1 Å². The smallest absolute Gasteiger partial charge is 0.220 e. The Bertz CT molecular complexity index is 1250. The van der Waals surface area contributed by atoms with E-state index in [1.165, 1.54) is 33.5 Å². The van der Waals surface area contributed by atoms with Gasteiger partial charge in [0.15, 0.2) is 23.0 Å². The van der Waals surface area contributed by atoms with Gasteiger partial charge in [0.2, 0.25) is 11.7 Å². The predicted octanol–water partition coefficient (Wildman–Crippen LogP) is 1.88. The first-order valence-corrected chi connectivity index (χ1v) is 16.4. The monoisotopic (exact) mass is 659 g/mol. The van der Waals surface area contributed by atoms with E-state index in [0.717, 1.165) is 58.3 Å². The summed E-state index contributed by atoms with van der Waals surface area (Å²) in [5.74, 6) is -2.65. The molecule has 0 aliphatic heterocycles. The third kappa shape index (κ3) is 10.4. The van der Waals surface area contributed by atoms with E-state index < -0.39 is 23.8 Å². The number of benzene rings is 2. The molecule has 2 aromatic carbocycles. The number of methoxy groups -OCH3 is 3. The Labute approximate surface area is 277 Å². The van der Waals surface area contributed by atoms with Crippen molar-refractivity contribution in [3.8, 4) is 28.7 Å². The lowest BCUT2D eigenvalue weighted by atomic mass is 9.64. The first-order chi connectivity index (χ1) is 22.8. The summed E-state index contributed by atoms with van der Waals surface area (Å²) in [5.41, 5.74) is 7.18. The van der Waals surface area contributed by atoms with Crippen molar-refractivity contribution >= 4 is 12.2 Å². The first-order valence-electron chi connectivity index (χ1n) is 16.4. The van der Waals surface area contributed by atoms with Gasteiger partial charge in [-0.05, 0) is 112 Å². The highest BCUT2D eigenvalue weighted by Crippen LogP contribution is 2.52. The zero-order valence-corrected chi connectivity index (χ0v) is 27.8. The lowest BCUT2D eigenvalue weighted by Gasteiger charge is -2.42. The van der Waals surface area contributed by atoms with Crippen LogP contribution in [0.4, 0.5) is 0 Å². The summed E-state index contributed by atoms with van der Waals surface area (Å²) in [5, 5.41) is 44.8. The Morgan fingerprint density at radius 2 is 1.34 bits per heavy atom. The molecule has 9 N–H and O–H groups in total. The van der Waals surface area contributed by atoms with Crippen molar-refractivity contribution in [2.45, 2.75) is 44.1 Å². The quantitative estimate of drug-likeness (QED) is 0.0520. The number of phenols is 3. The molecule has 47 heavy (non-hydrogen) atoms. The highest BCUT2D eigenvalue weighted by Gasteiger charge is 2.45. The number of phenolic OH excluding ortho intramolecular Hbond substituents is 3. The zero-order chi connectivity index (χ0) is 34.2. The van der Waals surface area contributed by atoms with Crippen LogP contribution in [0.1, 0.15) is 60.8 Å². The number of hydrogen-bond donors (Lipinski definition) is 8. The number of ether oxygens (including phenoxy) is 3. The number of rotatable bonds is 22. The van der Waals surface area contributed by atoms with E-state index in [2.05, 4.69) is 21.3 Å². The van der Waals surface area contributed by atoms with Gasteiger partial charge in [0.25, 0.3) is 0 Å². The van der Waals surface area contributed by atoms with Crippen LogP contribution in [0.25, 0.3) is 0 Å². The molecule has 1 aliphatic rings. The van der Waals surface area contributed by atoms with Crippen molar-refractivity contribution in [1.29, 1.82) is 0 Å². The van der Waals surface area contributed by atoms with Crippen molar-refractivity contribution in [1.82, 2.24) is 21.3 Å². The Kier molecular flexibility index (Phi) is 16.0. The van der Waals surface area contributed by atoms with Crippen LogP contribution in [0.2, 0.25) is 0 Å². The summed E-state index contributed by atoms with van der Waals surface area (Å²) in [4.78, 5) is 26.0. The van der Waals surface area contributed by atoms with E-state index in [4.69, 9.17) is 19.9 Å². The summed E-state index contributed by atoms with van der Waals surface area (Å²) < 4.78 is 16.3. The van der Waals surface area contributed by atoms with Crippen LogP contribution in [0.5, 0.6) is 28.7 Å². The van der Waals surface area contributed by atoms with Gasteiger partial charge < -0.3 is 61.3 Å². The maximum atomic E-state index is 13.2. The molecule has 13 nitrogen and oxygen atoms in total. The van der Waals surface area contributed by atoms with Gasteiger partial charge in [0, 0.05) is 31.3 Å². The van der Waals surface area contributed by atoms with E-state index >= 15 is 0 Å². The Morgan fingerprint density at radius 1 is 0.809 bits per heavy atom. The van der Waals surface area contributed by atoms with E-state index in [1.807, 2.05) is 0 Å². The highest BCUT2D eigenvalue weighted by atomic mass is 16.5. The number of carbonyl (C=O) groups is 2. The number of hydrogen-bond acceptors (Lipinski definition) is 12. The molecular weight excluding hydrogens is 606 g/mol. The van der Waals surface area contributed by atoms with Crippen molar-refractivity contribution in [2.75, 3.05) is 73.7 Å². The fraction of sp³-hybridized carbons (Fsp3) is 0.588. The topological polar surface area (TPSA) is 197 Å². The molecule has 1 amide bonds. The average molecular weight is 660 g/mol. The van der Waals surface area contributed by atoms with Crippen LogP contribution in [0.3, 0.4) is 0 Å². The summed E-state index contributed by atoms with van der Waals surface area (Å²) in [6, 6.07) is 5.39. The number of nitrogens with one attached hydrogen (secondary N) is 4. The summed E-state index contributed by atoms with van der Waals surface area (Å²) >= 11 is 0. The predicted molar refractivity (Wildman–Crippen MR) is 179 cm³/mol. The van der Waals surface area contributed by atoms with Gasteiger partial charge in [-0.25, -0.2) is 0 Å². The minimum Gasteiger partial charge on any atom is -0.504 e. The fourth-order valence-corrected chi connectivity index (χ4v) is 6.21. The molecule has 1 aliphatic carbocycles. The van der Waals surface area contributed by atoms with Crippen LogP contribution >= 0.6 is 0 Å². The molecule has 4 atom stereocenters. The standard InChI is InChI=1S/C34H53N5O8/c1-45-21-26-25(20-40)32(22-16-29(46-2)34(44)30(17-22)47-3)23-18-27(41)28(42)19-24(23)33(26)39-31(43)8-4-10-36-12-6-14-38-15-7-13-37-11-5-9-35/h16-20,25-26,32-33,36-38,41-42,44H,4-15,21,35H2,1-3H3,(H,39,43)/t25-,26-,32?,33+/m0/s1. The third-order valence-corrected chi connectivity index (χ3v) is 8.58. The molecule has 1 unspecified atom stereocenters. The zero-order valence-electron chi connectivity index (χ0n) is 27.8. The number of amides is 1. The molecule has 0 heterocycles. The molecule has 3 rings (SSSR count). The largest absolute Gasteiger partial charge is 0.504 e. The number of aldehydes is 1. The van der Waals surface area contributed by atoms with Gasteiger partial charge in [-0.15, -0.1) is 0 Å². The van der Waals surface area contributed by atoms with Crippen LogP contribution in [-0.4, -0.2) is 101 Å². The normalized spacial score (nSPS) is 18.8. The van der Waals surface area contributed by atoms with Gasteiger partial charge in [-0.2, -0.15) is 0 Å². The fourth-order valence-electron chi connectivity index (χ4n) is 6.21. The van der Waals surface area contributed by atoms with Crippen LogP contribution in [-0.2, 0) is 14.3 Å². The second-order valence-electron chi connectivity index (χ2n) is 11.8. The Hall–Kier alpha value is -3.62. The van der Waals surface area contributed by atoms with Crippen LogP contribution < -0.4 is 36.5 Å². The van der Waals surface area contributed by atoms with Gasteiger partial charge in [0.1, 0.15) is 6.29 Å². The van der Waals surface area contributed by atoms with Gasteiger partial charge >= 0.3 is 0 Å². The minimum absolute atomic E-state index is 0.138. The molecule has 0 saturated carbocycles. The molecule has 13 heteroatoms. The number of nitrogens with two attached hydrogens (primary N) is 1. The maximum Gasteiger partial charge on any atom is 0.220 e. The van der Waals surface area contributed by atoms with Crippen molar-refractivity contribution in [3.63, 3.8) is 0 Å². The van der Waals surface area contributed by atoms with Crippen molar-refractivity contribution in [2.24, 2.45) is 17.6 Å². The van der Waals surface area contributed by atoms with E-state index in [0.29, 0.717) is 36.2 Å². The Morgan fingerprint density at radius 3 is 1.85 bits per heavy atom. The lowest BCUT2D eigenvalue weighted by molar-refractivity contribution is -0.124. The molecule has 0 fully saturated rings. The first kappa shape index (κ1) is 37.8. The number of aromatic hydroxyl groups is 3. The summed E-state index contributed by atoms with van der Waals surface area (Å²) in [6.45, 7) is 6.19. The summed E-state index contributed by atoms with van der Waals surface area (Å²) in [7, 11) is 4.34. The van der Waals surface area contributed by atoms with Gasteiger partial charge in [-0.3, -0.25) is 4.79 Å². The molecule has 0 aromatic heterocycles. The highest BCUT2D eigenvalue weighted by molar-refractivity contribution is 5.77.